The van der Waals surface area contributed by atoms with Crippen molar-refractivity contribution in [1.29, 1.82) is 0 Å². The molecule has 1 heterocycles. The number of hydrogen-bond acceptors (Lipinski definition) is 6. The molecule has 7 N–H and O–H groups in total. The summed E-state index contributed by atoms with van der Waals surface area (Å²) in [6.07, 6.45) is 7.07. The number of nitrogens with zero attached hydrogens (tertiary/aromatic N) is 2. The molecule has 30 heavy (non-hydrogen) atoms. The maximum absolute atomic E-state index is 7.03. The normalized spacial score (nSPS) is 46.8. The minimum atomic E-state index is -0.729. The Morgan fingerprint density at radius 2 is 1.47 bits per heavy atom. The Kier molecular flexibility index (Phi) is 9.48. The van der Waals surface area contributed by atoms with Crippen LogP contribution in [0, 0.1) is 0 Å². The zero-order valence-electron chi connectivity index (χ0n) is 20.7. The molecule has 1 saturated heterocycles. The number of hydroxylamine groups is 2. The first-order chi connectivity index (χ1) is 13.7. The molecule has 9 heteroatoms. The summed E-state index contributed by atoms with van der Waals surface area (Å²) < 4.78 is 4.32. The van der Waals surface area contributed by atoms with Crippen molar-refractivity contribution in [3.05, 3.63) is 0 Å². The van der Waals surface area contributed by atoms with Crippen molar-refractivity contribution in [2.75, 3.05) is 0 Å². The summed E-state index contributed by atoms with van der Waals surface area (Å²) in [4.78, 5) is 13.1. The quantitative estimate of drug-likeness (QED) is 0.131. The Balaban J connectivity index is 3.77. The van der Waals surface area contributed by atoms with Gasteiger partial charge in [0, 0.05) is 26.2 Å². The van der Waals surface area contributed by atoms with Gasteiger partial charge in [-0.05, 0) is 61.4 Å². The van der Waals surface area contributed by atoms with Crippen LogP contribution in [0.5, 0.6) is 0 Å². The SMILES string of the molecule is C=I[N+]1(N)OC(C)(CC)C(C)(CC)[N+](N)(NN)OC(C)(CC)CCCCC1(C)CC. The molecule has 180 valence electrons. The fourth-order valence-corrected chi connectivity index (χ4v) is 6.51. The monoisotopic (exact) mass is 544 g/mol. The zero-order chi connectivity index (χ0) is 23.5. The van der Waals surface area contributed by atoms with Crippen molar-refractivity contribution in [2.45, 2.75) is 129 Å². The summed E-state index contributed by atoms with van der Waals surface area (Å²) in [5.74, 6) is 20.0. The molecule has 1 fully saturated rings. The van der Waals surface area contributed by atoms with Crippen LogP contribution < -0.4 is 23.1 Å². The van der Waals surface area contributed by atoms with E-state index in [-0.39, 0.29) is 8.51 Å². The van der Waals surface area contributed by atoms with Gasteiger partial charge in [0.2, 0.25) is 5.54 Å². The Labute approximate surface area is 194 Å². The van der Waals surface area contributed by atoms with E-state index < -0.39 is 42.6 Å². The molecule has 0 saturated carbocycles. The van der Waals surface area contributed by atoms with Crippen LogP contribution in [-0.2, 0) is 9.68 Å². The average molecular weight is 545 g/mol. The number of halogens is 1. The molecule has 0 aromatic heterocycles. The lowest BCUT2D eigenvalue weighted by atomic mass is 9.78. The van der Waals surface area contributed by atoms with Gasteiger partial charge in [0.15, 0.2) is 32.1 Å². The van der Waals surface area contributed by atoms with E-state index in [0.29, 0.717) is 12.8 Å². The van der Waals surface area contributed by atoms with Crippen LogP contribution in [0.1, 0.15) is 107 Å². The van der Waals surface area contributed by atoms with Crippen molar-refractivity contribution in [1.82, 2.24) is 5.53 Å². The van der Waals surface area contributed by atoms with Crippen LogP contribution >= 0.6 is 21.0 Å². The first kappa shape index (κ1) is 28.3. The van der Waals surface area contributed by atoms with E-state index in [1.165, 1.54) is 0 Å². The number of quaternary nitrogens is 2. The molecule has 8 nitrogen and oxygen atoms in total. The first-order valence-electron chi connectivity index (χ1n) is 11.4. The van der Waals surface area contributed by atoms with Crippen molar-refractivity contribution in [3.8, 4) is 0 Å². The molecule has 0 aromatic carbocycles. The highest BCUT2D eigenvalue weighted by molar-refractivity contribution is 14.1. The summed E-state index contributed by atoms with van der Waals surface area (Å²) in [5, 5.41) is 0. The fraction of sp³-hybridized carbons (Fsp3) is 0.952. The van der Waals surface area contributed by atoms with Crippen LogP contribution in [0.2, 0.25) is 0 Å². The summed E-state index contributed by atoms with van der Waals surface area (Å²) in [7, 11) is 0. The second-order valence-corrected chi connectivity index (χ2v) is 11.9. The van der Waals surface area contributed by atoms with Crippen molar-refractivity contribution in [3.63, 3.8) is 0 Å². The van der Waals surface area contributed by atoms with Gasteiger partial charge >= 0.3 is 0 Å². The third kappa shape index (κ3) is 4.79. The van der Waals surface area contributed by atoms with Gasteiger partial charge in [-0.25, -0.2) is 5.84 Å². The lowest BCUT2D eigenvalue weighted by Gasteiger charge is -2.55. The van der Waals surface area contributed by atoms with E-state index in [1.807, 2.05) is 0 Å². The van der Waals surface area contributed by atoms with E-state index in [4.69, 9.17) is 27.2 Å². The zero-order valence-corrected chi connectivity index (χ0v) is 22.8. The number of hydrogen-bond donors (Lipinski definition) is 4. The smallest absolute Gasteiger partial charge is 0.201 e. The lowest BCUT2D eigenvalue weighted by molar-refractivity contribution is -1.20. The number of nitrogens with one attached hydrogen (secondary N) is 1. The van der Waals surface area contributed by atoms with Crippen molar-refractivity contribution < 1.29 is 17.5 Å². The minimum absolute atomic E-state index is 0.0396. The molecule has 1 aliphatic heterocycles. The van der Waals surface area contributed by atoms with Gasteiger partial charge in [0.1, 0.15) is 5.60 Å². The van der Waals surface area contributed by atoms with Gasteiger partial charge in [-0.1, -0.05) is 37.1 Å². The Bertz CT molecular complexity index is 600. The molecule has 0 spiro atoms. The average Bonchev–Trinajstić information content (AvgIpc) is 2.74. The predicted molar refractivity (Wildman–Crippen MR) is 133 cm³/mol. The highest BCUT2D eigenvalue weighted by Crippen LogP contribution is 2.48. The first-order valence-corrected chi connectivity index (χ1v) is 13.9. The molecule has 0 radical (unpaired) electrons. The second kappa shape index (κ2) is 10.0. The second-order valence-electron chi connectivity index (χ2n) is 9.74. The summed E-state index contributed by atoms with van der Waals surface area (Å²) >= 11 is -0.729. The van der Waals surface area contributed by atoms with E-state index in [0.717, 1.165) is 38.5 Å². The van der Waals surface area contributed by atoms with Crippen LogP contribution in [0.15, 0.2) is 0 Å². The van der Waals surface area contributed by atoms with Gasteiger partial charge in [0.05, 0.1) is 0 Å². The van der Waals surface area contributed by atoms with Crippen molar-refractivity contribution in [2.24, 2.45) is 17.5 Å². The predicted octanol–water partition coefficient (Wildman–Crippen LogP) is 4.18. The number of rotatable bonds is 6. The van der Waals surface area contributed by atoms with E-state index in [9.17, 15) is 0 Å². The topological polar surface area (TPSA) is 109 Å². The fourth-order valence-electron chi connectivity index (χ4n) is 4.53. The molecule has 1 aliphatic rings. The van der Waals surface area contributed by atoms with E-state index >= 15 is 0 Å². The van der Waals surface area contributed by atoms with Gasteiger partial charge in [-0.2, -0.15) is 9.68 Å². The third-order valence-corrected chi connectivity index (χ3v) is 10.6. The van der Waals surface area contributed by atoms with Gasteiger partial charge < -0.3 is 0 Å². The van der Waals surface area contributed by atoms with Crippen LogP contribution in [0.4, 0.5) is 0 Å². The Hall–Kier alpha value is 0.280. The number of hydrazine groups is 1. The Morgan fingerprint density at radius 1 is 0.900 bits per heavy atom. The highest BCUT2D eigenvalue weighted by atomic mass is 127. The standard InChI is InChI=1S/C21H49IN6O2/c1-10-18(5)16-14-15-17-19(6,11-2)29-28(25,26-23)20(7,12-3)21(8,13-4)30-27(18,24)22-9/h26H,9-17,23-25H2,1-8H3/q+2. The molecule has 0 aliphatic carbocycles. The Morgan fingerprint density at radius 3 is 1.87 bits per heavy atom. The molecular formula is C21H49IN6O2+2. The van der Waals surface area contributed by atoms with Crippen LogP contribution in [0.25, 0.3) is 0 Å². The largest absolute Gasteiger partial charge is 0.221 e. The van der Waals surface area contributed by atoms with Gasteiger partial charge in [0.25, 0.3) is 0 Å². The third-order valence-electron chi connectivity index (χ3n) is 8.22. The van der Waals surface area contributed by atoms with Crippen LogP contribution in [-0.4, -0.2) is 34.6 Å². The van der Waals surface area contributed by atoms with E-state index in [2.05, 4.69) is 65.4 Å². The summed E-state index contributed by atoms with van der Waals surface area (Å²) in [5.41, 5.74) is 0.715. The summed E-state index contributed by atoms with van der Waals surface area (Å²) in [6, 6.07) is 0. The lowest BCUT2D eigenvalue weighted by Crippen LogP contribution is -2.84. The maximum atomic E-state index is 7.03. The van der Waals surface area contributed by atoms with Gasteiger partial charge in [-0.15, -0.1) is 11.7 Å². The van der Waals surface area contributed by atoms with E-state index in [1.54, 1.807) is 0 Å². The highest BCUT2D eigenvalue weighted by Gasteiger charge is 2.66. The molecule has 1 rings (SSSR count). The molecule has 6 atom stereocenters. The molecular weight excluding hydrogens is 495 g/mol. The maximum Gasteiger partial charge on any atom is 0.201 e. The number of nitrogens with two attached hydrogens (primary N) is 3. The summed E-state index contributed by atoms with van der Waals surface area (Å²) in [6.45, 7) is 17.1. The molecule has 0 bridgehead atoms. The molecule has 6 unspecified atom stereocenters. The van der Waals surface area contributed by atoms with Gasteiger partial charge in [-0.3, -0.25) is 0 Å². The molecule has 0 amide bonds. The van der Waals surface area contributed by atoms with Crippen LogP contribution in [0.3, 0.4) is 0 Å². The van der Waals surface area contributed by atoms with Crippen molar-refractivity contribution >= 4 is 25.5 Å². The minimum Gasteiger partial charge on any atom is -0.221 e. The molecule has 0 aromatic rings.